The maximum Gasteiger partial charge on any atom is 0.160 e. The Balaban J connectivity index is 2.81. The van der Waals surface area contributed by atoms with Crippen LogP contribution in [-0.2, 0) is 15.6 Å². The number of ketones is 1. The molecular formula is C11H12F2O2S. The Morgan fingerprint density at radius 1 is 1.31 bits per heavy atom. The third kappa shape index (κ3) is 3.20. The average molecular weight is 246 g/mol. The van der Waals surface area contributed by atoms with Crippen molar-refractivity contribution < 1.29 is 17.8 Å². The van der Waals surface area contributed by atoms with E-state index in [1.54, 1.807) is 13.8 Å². The van der Waals surface area contributed by atoms with Gasteiger partial charge in [-0.05, 0) is 18.2 Å². The molecule has 0 amide bonds. The molecule has 0 heterocycles. The molecule has 16 heavy (non-hydrogen) atoms. The molecule has 2 nitrogen and oxygen atoms in total. The van der Waals surface area contributed by atoms with E-state index in [0.29, 0.717) is 0 Å². The van der Waals surface area contributed by atoms with Crippen LogP contribution in [0.4, 0.5) is 8.78 Å². The van der Waals surface area contributed by atoms with Crippen molar-refractivity contribution in [2.24, 2.45) is 5.92 Å². The Morgan fingerprint density at radius 3 is 2.44 bits per heavy atom. The van der Waals surface area contributed by atoms with Gasteiger partial charge in [0.2, 0.25) is 0 Å². The normalized spacial score (nSPS) is 12.8. The number of benzene rings is 1. The summed E-state index contributed by atoms with van der Waals surface area (Å²) in [6.07, 6.45) is 0. The fourth-order valence-electron chi connectivity index (χ4n) is 0.998. The molecule has 5 heteroatoms. The average Bonchev–Trinajstić information content (AvgIpc) is 2.21. The molecule has 1 atom stereocenters. The van der Waals surface area contributed by atoms with Gasteiger partial charge in [-0.2, -0.15) is 0 Å². The molecular weight excluding hydrogens is 234 g/mol. The summed E-state index contributed by atoms with van der Waals surface area (Å²) < 4.78 is 37.1. The van der Waals surface area contributed by atoms with Gasteiger partial charge in [0, 0.05) is 10.8 Å². The summed E-state index contributed by atoms with van der Waals surface area (Å²) in [4.78, 5) is 11.4. The van der Waals surface area contributed by atoms with Gasteiger partial charge in [-0.3, -0.25) is 9.00 Å². The van der Waals surface area contributed by atoms with Crippen LogP contribution in [0.25, 0.3) is 0 Å². The van der Waals surface area contributed by atoms with Gasteiger partial charge in [0.15, 0.2) is 11.6 Å². The van der Waals surface area contributed by atoms with Gasteiger partial charge in [-0.15, -0.1) is 0 Å². The van der Waals surface area contributed by atoms with Gasteiger partial charge in [-0.1, -0.05) is 13.8 Å². The van der Waals surface area contributed by atoms with Crippen LogP contribution in [0, 0.1) is 17.6 Å². The lowest BCUT2D eigenvalue weighted by Crippen LogP contribution is -2.16. The molecule has 0 aliphatic rings. The van der Waals surface area contributed by atoms with E-state index in [0.717, 1.165) is 12.1 Å². The molecule has 0 aliphatic carbocycles. The summed E-state index contributed by atoms with van der Waals surface area (Å²) in [5.74, 6) is -2.58. The highest BCUT2D eigenvalue weighted by molar-refractivity contribution is 7.85. The van der Waals surface area contributed by atoms with Gasteiger partial charge in [0.1, 0.15) is 5.78 Å². The van der Waals surface area contributed by atoms with Gasteiger partial charge >= 0.3 is 0 Å². The predicted molar refractivity (Wildman–Crippen MR) is 57.5 cm³/mol. The third-order valence-electron chi connectivity index (χ3n) is 2.07. The predicted octanol–water partition coefficient (Wildman–Crippen LogP) is 2.30. The maximum absolute atomic E-state index is 12.8. The van der Waals surface area contributed by atoms with Crippen LogP contribution >= 0.6 is 0 Å². The lowest BCUT2D eigenvalue weighted by Gasteiger charge is -2.04. The number of halogens is 2. The second kappa shape index (κ2) is 5.30. The fraction of sp³-hybridized carbons (Fsp3) is 0.364. The van der Waals surface area contributed by atoms with Gasteiger partial charge in [0.05, 0.1) is 16.6 Å². The zero-order valence-corrected chi connectivity index (χ0v) is 9.81. The van der Waals surface area contributed by atoms with Crippen LogP contribution in [0.1, 0.15) is 13.8 Å². The van der Waals surface area contributed by atoms with Crippen molar-refractivity contribution in [3.63, 3.8) is 0 Å². The Hall–Kier alpha value is -1.10. The first kappa shape index (κ1) is 13.0. The van der Waals surface area contributed by atoms with Crippen LogP contribution in [0.3, 0.4) is 0 Å². The van der Waals surface area contributed by atoms with E-state index in [4.69, 9.17) is 0 Å². The van der Waals surface area contributed by atoms with Gasteiger partial charge < -0.3 is 0 Å². The molecule has 88 valence electrons. The lowest BCUT2D eigenvalue weighted by atomic mass is 10.1. The Kier molecular flexibility index (Phi) is 4.29. The Bertz CT molecular complexity index is 430. The summed E-state index contributed by atoms with van der Waals surface area (Å²) >= 11 is 0. The fourth-order valence-corrected chi connectivity index (χ4v) is 2.21. The van der Waals surface area contributed by atoms with Crippen molar-refractivity contribution in [3.8, 4) is 0 Å². The number of hydrogen-bond acceptors (Lipinski definition) is 2. The molecule has 0 N–H and O–H groups in total. The zero-order chi connectivity index (χ0) is 12.3. The number of hydrogen-bond donors (Lipinski definition) is 0. The van der Waals surface area contributed by atoms with Crippen LogP contribution in [0.2, 0.25) is 0 Å². The second-order valence-electron chi connectivity index (χ2n) is 3.69. The summed E-state index contributed by atoms with van der Waals surface area (Å²) in [6.45, 7) is 3.40. The van der Waals surface area contributed by atoms with Crippen molar-refractivity contribution in [3.05, 3.63) is 29.8 Å². The van der Waals surface area contributed by atoms with E-state index in [1.807, 2.05) is 0 Å². The van der Waals surface area contributed by atoms with Gasteiger partial charge in [-0.25, -0.2) is 8.78 Å². The van der Waals surface area contributed by atoms with E-state index in [1.165, 1.54) is 6.07 Å². The first-order valence-electron chi connectivity index (χ1n) is 4.78. The minimum Gasteiger partial charge on any atom is -0.298 e. The molecule has 0 saturated carbocycles. The van der Waals surface area contributed by atoms with E-state index < -0.39 is 22.4 Å². The quantitative estimate of drug-likeness (QED) is 0.817. The summed E-state index contributed by atoms with van der Waals surface area (Å²) in [5, 5.41) is 0. The molecule has 0 fully saturated rings. The van der Waals surface area contributed by atoms with E-state index in [9.17, 15) is 17.8 Å². The number of carbonyl (C=O) groups excluding carboxylic acids is 1. The van der Waals surface area contributed by atoms with Crippen LogP contribution in [-0.4, -0.2) is 15.7 Å². The van der Waals surface area contributed by atoms with E-state index in [-0.39, 0.29) is 22.3 Å². The third-order valence-corrected chi connectivity index (χ3v) is 3.40. The maximum atomic E-state index is 12.8. The molecule has 0 radical (unpaired) electrons. The molecule has 0 aromatic heterocycles. The first-order chi connectivity index (χ1) is 7.41. The molecule has 1 aromatic rings. The van der Waals surface area contributed by atoms with E-state index >= 15 is 0 Å². The van der Waals surface area contributed by atoms with Crippen LogP contribution in [0.15, 0.2) is 23.1 Å². The SMILES string of the molecule is CC(C)C(=O)CS(=O)c1ccc(F)c(F)c1. The summed E-state index contributed by atoms with van der Waals surface area (Å²) in [7, 11) is -1.61. The minimum atomic E-state index is -1.61. The molecule has 0 saturated heterocycles. The summed E-state index contributed by atoms with van der Waals surface area (Å²) in [6, 6.07) is 2.99. The number of carbonyl (C=O) groups is 1. The van der Waals surface area contributed by atoms with Crippen molar-refractivity contribution >= 4 is 16.6 Å². The van der Waals surface area contributed by atoms with Crippen molar-refractivity contribution in [2.75, 3.05) is 5.75 Å². The Labute approximate surface area is 95.1 Å². The standard InChI is InChI=1S/C11H12F2O2S/c1-7(2)11(14)6-16(15)8-3-4-9(12)10(13)5-8/h3-5,7H,6H2,1-2H3. The molecule has 1 rings (SSSR count). The van der Waals surface area contributed by atoms with Crippen LogP contribution < -0.4 is 0 Å². The second-order valence-corrected chi connectivity index (χ2v) is 5.14. The Morgan fingerprint density at radius 2 is 1.94 bits per heavy atom. The van der Waals surface area contributed by atoms with Crippen molar-refractivity contribution in [1.29, 1.82) is 0 Å². The molecule has 0 aliphatic heterocycles. The van der Waals surface area contributed by atoms with E-state index in [2.05, 4.69) is 0 Å². The number of rotatable bonds is 4. The largest absolute Gasteiger partial charge is 0.298 e. The highest BCUT2D eigenvalue weighted by Gasteiger charge is 2.14. The van der Waals surface area contributed by atoms with Gasteiger partial charge in [0.25, 0.3) is 0 Å². The van der Waals surface area contributed by atoms with Crippen molar-refractivity contribution in [2.45, 2.75) is 18.7 Å². The highest BCUT2D eigenvalue weighted by atomic mass is 32.2. The number of Topliss-reactive ketones (excluding diaryl/α,β-unsaturated/α-hetero) is 1. The topological polar surface area (TPSA) is 34.1 Å². The smallest absolute Gasteiger partial charge is 0.160 e. The molecule has 0 bridgehead atoms. The molecule has 1 aromatic carbocycles. The lowest BCUT2D eigenvalue weighted by molar-refractivity contribution is -0.119. The first-order valence-corrected chi connectivity index (χ1v) is 6.10. The molecule has 0 spiro atoms. The minimum absolute atomic E-state index is 0.132. The van der Waals surface area contributed by atoms with Crippen molar-refractivity contribution in [1.82, 2.24) is 0 Å². The summed E-state index contributed by atoms with van der Waals surface area (Å²) in [5.41, 5.74) is 0. The molecule has 1 unspecified atom stereocenters. The monoisotopic (exact) mass is 246 g/mol. The highest BCUT2D eigenvalue weighted by Crippen LogP contribution is 2.13. The van der Waals surface area contributed by atoms with Crippen LogP contribution in [0.5, 0.6) is 0 Å². The zero-order valence-electron chi connectivity index (χ0n) is 9.00.